The first kappa shape index (κ1) is 23.7. The Morgan fingerprint density at radius 3 is 2.66 bits per heavy atom. The van der Waals surface area contributed by atoms with Crippen LogP contribution < -0.4 is 14.7 Å². The van der Waals surface area contributed by atoms with Gasteiger partial charge in [0, 0.05) is 16.6 Å². The van der Waals surface area contributed by atoms with Crippen molar-refractivity contribution in [3.8, 4) is 5.75 Å². The molecule has 0 saturated carbocycles. The van der Waals surface area contributed by atoms with Crippen LogP contribution in [0.3, 0.4) is 0 Å². The molecule has 3 aromatic rings. The number of primary sulfonamides is 1. The molecule has 1 heterocycles. The summed E-state index contributed by atoms with van der Waals surface area (Å²) in [6.07, 6.45) is 1.76. The zero-order valence-electron chi connectivity index (χ0n) is 16.7. The molecule has 0 aliphatic rings. The zero-order valence-corrected chi connectivity index (χ0v) is 19.1. The molecule has 32 heavy (non-hydrogen) atoms. The van der Waals surface area contributed by atoms with Gasteiger partial charge in [0.1, 0.15) is 10.6 Å². The molecule has 12 heteroatoms. The van der Waals surface area contributed by atoms with Crippen molar-refractivity contribution >= 4 is 44.8 Å². The number of carbonyl (C=O) groups excluding carboxylic acids is 2. The van der Waals surface area contributed by atoms with E-state index < -0.39 is 28.5 Å². The van der Waals surface area contributed by atoms with Gasteiger partial charge in [-0.25, -0.2) is 18.4 Å². The lowest BCUT2D eigenvalue weighted by atomic mass is 10.2. The van der Waals surface area contributed by atoms with Crippen LogP contribution in [0.4, 0.5) is 0 Å². The van der Waals surface area contributed by atoms with Gasteiger partial charge in [-0.2, -0.15) is 4.99 Å². The summed E-state index contributed by atoms with van der Waals surface area (Å²) in [6.45, 7) is -0.211. The highest BCUT2D eigenvalue weighted by Gasteiger charge is 2.19. The molecule has 0 saturated heterocycles. The van der Waals surface area contributed by atoms with Gasteiger partial charge >= 0.3 is 5.97 Å². The molecule has 0 bridgehead atoms. The number of methoxy groups -OCH3 is 1. The van der Waals surface area contributed by atoms with Crippen LogP contribution in [-0.2, 0) is 26.1 Å². The summed E-state index contributed by atoms with van der Waals surface area (Å²) in [5.41, 5.74) is 0.755. The molecule has 1 amide bonds. The van der Waals surface area contributed by atoms with Crippen LogP contribution in [0.5, 0.6) is 5.75 Å². The second-order valence-electron chi connectivity index (χ2n) is 6.40. The molecule has 3 rings (SSSR count). The molecule has 0 radical (unpaired) electrons. The smallest absolute Gasteiger partial charge is 0.338 e. The molecule has 0 fully saturated rings. The number of hydrogen-bond acceptors (Lipinski definition) is 7. The monoisotopic (exact) mass is 495 g/mol. The van der Waals surface area contributed by atoms with Crippen LogP contribution in [0.2, 0.25) is 5.02 Å². The van der Waals surface area contributed by atoms with Crippen molar-refractivity contribution in [1.29, 1.82) is 0 Å². The number of ether oxygens (including phenoxy) is 2. The minimum absolute atomic E-state index is 0.0177. The summed E-state index contributed by atoms with van der Waals surface area (Å²) in [6, 6.07) is 10.9. The van der Waals surface area contributed by atoms with Gasteiger partial charge in [-0.3, -0.25) is 4.79 Å². The van der Waals surface area contributed by atoms with Crippen LogP contribution in [0.25, 0.3) is 0 Å². The van der Waals surface area contributed by atoms with Gasteiger partial charge in [-0.1, -0.05) is 29.8 Å². The molecule has 2 N–H and O–H groups in total. The Bertz CT molecular complexity index is 1330. The molecule has 168 valence electrons. The van der Waals surface area contributed by atoms with Crippen LogP contribution in [-0.4, -0.2) is 38.6 Å². The first-order valence-corrected chi connectivity index (χ1v) is 11.8. The number of aromatic nitrogens is 1. The Kier molecular flexibility index (Phi) is 7.46. The van der Waals surface area contributed by atoms with Gasteiger partial charge in [-0.15, -0.1) is 11.3 Å². The number of amides is 1. The van der Waals surface area contributed by atoms with Gasteiger partial charge < -0.3 is 14.0 Å². The van der Waals surface area contributed by atoms with E-state index in [0.29, 0.717) is 16.4 Å². The van der Waals surface area contributed by atoms with Crippen LogP contribution >= 0.6 is 22.9 Å². The maximum Gasteiger partial charge on any atom is 0.338 e. The lowest BCUT2D eigenvalue weighted by Crippen LogP contribution is -2.20. The Morgan fingerprint density at radius 2 is 1.97 bits per heavy atom. The number of hydrogen-bond donors (Lipinski definition) is 1. The van der Waals surface area contributed by atoms with Gasteiger partial charge in [0.05, 0.1) is 19.2 Å². The summed E-state index contributed by atoms with van der Waals surface area (Å²) in [5, 5.41) is 7.50. The fraction of sp³-hybridized carbons (Fsp3) is 0.150. The largest absolute Gasteiger partial charge is 0.495 e. The van der Waals surface area contributed by atoms with Crippen molar-refractivity contribution in [2.75, 3.05) is 13.7 Å². The SMILES string of the molecule is COc1ccc(C(=O)OCC(=O)N=c2sccn2Cc2ccccc2Cl)cc1S(N)(=O)=O. The zero-order chi connectivity index (χ0) is 23.3. The third-order valence-electron chi connectivity index (χ3n) is 4.21. The molecule has 9 nitrogen and oxygen atoms in total. The normalized spacial score (nSPS) is 11.9. The Hall–Kier alpha value is -2.99. The molecule has 0 unspecified atom stereocenters. The first-order valence-electron chi connectivity index (χ1n) is 9.02. The van der Waals surface area contributed by atoms with E-state index in [4.69, 9.17) is 26.2 Å². The third kappa shape index (κ3) is 5.82. The molecule has 0 spiro atoms. The minimum atomic E-state index is -4.13. The number of carbonyl (C=O) groups is 2. The second-order valence-corrected chi connectivity index (χ2v) is 9.21. The number of esters is 1. The number of rotatable bonds is 7. The number of benzene rings is 2. The van der Waals surface area contributed by atoms with E-state index in [1.54, 1.807) is 22.2 Å². The molecular weight excluding hydrogens is 478 g/mol. The Morgan fingerprint density at radius 1 is 1.22 bits per heavy atom. The molecule has 0 atom stereocenters. The van der Waals surface area contributed by atoms with Crippen LogP contribution in [0.1, 0.15) is 15.9 Å². The van der Waals surface area contributed by atoms with E-state index in [1.807, 2.05) is 18.2 Å². The van der Waals surface area contributed by atoms with Crippen LogP contribution in [0, 0.1) is 0 Å². The molecule has 2 aromatic carbocycles. The maximum absolute atomic E-state index is 12.3. The van der Waals surface area contributed by atoms with Gasteiger partial charge in [0.25, 0.3) is 5.91 Å². The van der Waals surface area contributed by atoms with Gasteiger partial charge in [0.2, 0.25) is 10.0 Å². The topological polar surface area (TPSA) is 130 Å². The lowest BCUT2D eigenvalue weighted by Gasteiger charge is -2.08. The summed E-state index contributed by atoms with van der Waals surface area (Å²) >= 11 is 7.42. The van der Waals surface area contributed by atoms with E-state index in [1.165, 1.54) is 30.6 Å². The van der Waals surface area contributed by atoms with E-state index in [2.05, 4.69) is 4.99 Å². The number of nitrogens with zero attached hydrogens (tertiary/aromatic N) is 2. The number of thiazole rings is 1. The molecule has 1 aromatic heterocycles. The molecule has 0 aliphatic heterocycles. The summed E-state index contributed by atoms with van der Waals surface area (Å²) in [4.78, 5) is 28.5. The van der Waals surface area contributed by atoms with Gasteiger partial charge in [-0.05, 0) is 29.8 Å². The van der Waals surface area contributed by atoms with Crippen molar-refractivity contribution in [3.05, 3.63) is 75.0 Å². The highest BCUT2D eigenvalue weighted by molar-refractivity contribution is 7.89. The fourth-order valence-corrected chi connectivity index (χ4v) is 4.36. The highest BCUT2D eigenvalue weighted by Crippen LogP contribution is 2.24. The number of halogens is 1. The molecular formula is C20H18ClN3O6S2. The van der Waals surface area contributed by atoms with Crippen LogP contribution in [0.15, 0.2) is 63.9 Å². The average molecular weight is 496 g/mol. The standard InChI is InChI=1S/C20H18ClN3O6S2/c1-29-16-7-6-13(10-17(16)32(22,27)28)19(26)30-12-18(25)23-20-24(8-9-31-20)11-14-4-2-3-5-15(14)21/h2-10H,11-12H2,1H3,(H2,22,27,28). The van der Waals surface area contributed by atoms with Crippen molar-refractivity contribution in [3.63, 3.8) is 0 Å². The summed E-state index contributed by atoms with van der Waals surface area (Å²) < 4.78 is 35.0. The van der Waals surface area contributed by atoms with E-state index in [-0.39, 0.29) is 16.2 Å². The predicted molar refractivity (Wildman–Crippen MR) is 118 cm³/mol. The van der Waals surface area contributed by atoms with Gasteiger partial charge in [0.15, 0.2) is 11.4 Å². The quantitative estimate of drug-likeness (QED) is 0.500. The highest BCUT2D eigenvalue weighted by atomic mass is 35.5. The minimum Gasteiger partial charge on any atom is -0.495 e. The van der Waals surface area contributed by atoms with Crippen molar-refractivity contribution < 1.29 is 27.5 Å². The first-order chi connectivity index (χ1) is 15.2. The summed E-state index contributed by atoms with van der Waals surface area (Å²) in [5.74, 6) is -1.61. The van der Waals surface area contributed by atoms with Crippen molar-refractivity contribution in [1.82, 2.24) is 4.57 Å². The Labute approximate surface area is 192 Å². The maximum atomic E-state index is 12.3. The average Bonchev–Trinajstić information content (AvgIpc) is 3.19. The second kappa shape index (κ2) is 10.1. The number of nitrogens with two attached hydrogens (primary N) is 1. The van der Waals surface area contributed by atoms with E-state index in [9.17, 15) is 18.0 Å². The Balaban J connectivity index is 1.71. The summed E-state index contributed by atoms with van der Waals surface area (Å²) in [7, 11) is -2.86. The number of sulfonamides is 1. The third-order valence-corrected chi connectivity index (χ3v) is 6.31. The lowest BCUT2D eigenvalue weighted by molar-refractivity contribution is -0.121. The predicted octanol–water partition coefficient (Wildman–Crippen LogP) is 2.19. The fourth-order valence-electron chi connectivity index (χ4n) is 2.69. The van der Waals surface area contributed by atoms with E-state index >= 15 is 0 Å². The van der Waals surface area contributed by atoms with E-state index in [0.717, 1.165) is 11.6 Å². The van der Waals surface area contributed by atoms with Crippen molar-refractivity contribution in [2.24, 2.45) is 10.1 Å². The van der Waals surface area contributed by atoms with Crippen molar-refractivity contribution in [2.45, 2.75) is 11.4 Å². The molecule has 0 aliphatic carbocycles.